The minimum Gasteiger partial charge on any atom is -0.339 e. The minimum atomic E-state index is -0.339. The van der Waals surface area contributed by atoms with Crippen LogP contribution in [0.5, 0.6) is 0 Å². The maximum absolute atomic E-state index is 13.1. The Labute approximate surface area is 181 Å². The van der Waals surface area contributed by atoms with Crippen LogP contribution < -0.4 is 0 Å². The molecule has 1 saturated heterocycles. The molecule has 3 aliphatic rings. The maximum Gasteiger partial charge on any atom is 0.270 e. The van der Waals surface area contributed by atoms with Crippen molar-refractivity contribution in [1.82, 2.24) is 14.8 Å². The highest BCUT2D eigenvalue weighted by molar-refractivity contribution is 6.39. The zero-order chi connectivity index (χ0) is 21.8. The third-order valence-electron chi connectivity index (χ3n) is 6.46. The van der Waals surface area contributed by atoms with E-state index < -0.39 is 0 Å². The van der Waals surface area contributed by atoms with Crippen molar-refractivity contribution in [3.8, 4) is 0 Å². The molecular weight excluding hydrogens is 399 g/mol. The highest BCUT2D eigenvalue weighted by atomic mass is 19.1. The van der Waals surface area contributed by atoms with Crippen LogP contribution in [0.2, 0.25) is 0 Å². The Hall–Kier alpha value is -2.77. The number of nitrogens with zero attached hydrogens (tertiary/aromatic N) is 4. The molecule has 0 spiro atoms. The van der Waals surface area contributed by atoms with E-state index in [-0.39, 0.29) is 36.5 Å². The molecular formula is C23H29FN4O3. The largest absolute Gasteiger partial charge is 0.339 e. The molecule has 1 aromatic carbocycles. The molecule has 1 aromatic rings. The molecule has 3 amide bonds. The molecule has 2 fully saturated rings. The van der Waals surface area contributed by atoms with E-state index >= 15 is 0 Å². The Morgan fingerprint density at radius 1 is 0.968 bits per heavy atom. The lowest BCUT2D eigenvalue weighted by Gasteiger charge is -2.36. The smallest absolute Gasteiger partial charge is 0.270 e. The number of benzene rings is 1. The van der Waals surface area contributed by atoms with Gasteiger partial charge in [-0.05, 0) is 36.5 Å². The van der Waals surface area contributed by atoms with E-state index in [9.17, 15) is 18.8 Å². The first-order chi connectivity index (χ1) is 15.0. The van der Waals surface area contributed by atoms with Gasteiger partial charge in [0.1, 0.15) is 11.5 Å². The summed E-state index contributed by atoms with van der Waals surface area (Å²) in [6, 6.07) is 5.89. The second-order valence-corrected chi connectivity index (χ2v) is 8.65. The zero-order valence-corrected chi connectivity index (χ0v) is 17.8. The lowest BCUT2D eigenvalue weighted by molar-refractivity contribution is -0.138. The average Bonchev–Trinajstić information content (AvgIpc) is 3.29. The van der Waals surface area contributed by atoms with Crippen LogP contribution in [0.25, 0.3) is 0 Å². The number of rotatable bonds is 5. The fourth-order valence-corrected chi connectivity index (χ4v) is 4.57. The van der Waals surface area contributed by atoms with Gasteiger partial charge in [-0.3, -0.25) is 14.4 Å². The average molecular weight is 429 g/mol. The van der Waals surface area contributed by atoms with Crippen molar-refractivity contribution in [1.29, 1.82) is 0 Å². The molecule has 0 aromatic heterocycles. The second kappa shape index (κ2) is 9.58. The predicted octanol–water partition coefficient (Wildman–Crippen LogP) is 2.56. The van der Waals surface area contributed by atoms with Crippen LogP contribution in [-0.2, 0) is 20.9 Å². The van der Waals surface area contributed by atoms with E-state index in [4.69, 9.17) is 0 Å². The number of hydrogen-bond acceptors (Lipinski definition) is 4. The van der Waals surface area contributed by atoms with E-state index in [1.165, 1.54) is 30.0 Å². The molecule has 166 valence electrons. The lowest BCUT2D eigenvalue weighted by Crippen LogP contribution is -2.53. The number of carbonyl (C=O) groups excluding carboxylic acids is 3. The Kier molecular flexibility index (Phi) is 6.63. The van der Waals surface area contributed by atoms with Gasteiger partial charge in [0.15, 0.2) is 0 Å². The highest BCUT2D eigenvalue weighted by Gasteiger charge is 2.31. The SMILES string of the molecule is O=C(CC1CCCC1)N1CCN(C(=O)C2=NN(Cc3ccc(F)cc3)C(=O)CC2)CC1. The van der Waals surface area contributed by atoms with Crippen molar-refractivity contribution in [3.63, 3.8) is 0 Å². The number of piperazine rings is 1. The summed E-state index contributed by atoms with van der Waals surface area (Å²) in [5.74, 6) is 0.0649. The Balaban J connectivity index is 1.32. The Morgan fingerprint density at radius 3 is 2.29 bits per heavy atom. The van der Waals surface area contributed by atoms with Crippen LogP contribution in [0.3, 0.4) is 0 Å². The summed E-state index contributed by atoms with van der Waals surface area (Å²) in [4.78, 5) is 41.3. The summed E-state index contributed by atoms with van der Waals surface area (Å²) in [6.45, 7) is 2.27. The molecule has 0 unspecified atom stereocenters. The van der Waals surface area contributed by atoms with Gasteiger partial charge < -0.3 is 9.80 Å². The molecule has 0 radical (unpaired) electrons. The van der Waals surface area contributed by atoms with Gasteiger partial charge in [-0.1, -0.05) is 25.0 Å². The molecule has 2 aliphatic heterocycles. The topological polar surface area (TPSA) is 73.3 Å². The summed E-state index contributed by atoms with van der Waals surface area (Å²) in [5, 5.41) is 5.61. The van der Waals surface area contributed by atoms with Crippen molar-refractivity contribution in [3.05, 3.63) is 35.6 Å². The van der Waals surface area contributed by atoms with Gasteiger partial charge in [0.25, 0.3) is 5.91 Å². The summed E-state index contributed by atoms with van der Waals surface area (Å²) in [7, 11) is 0. The first-order valence-electron chi connectivity index (χ1n) is 11.2. The van der Waals surface area contributed by atoms with Crippen LogP contribution >= 0.6 is 0 Å². The van der Waals surface area contributed by atoms with Gasteiger partial charge in [-0.25, -0.2) is 9.40 Å². The number of carbonyl (C=O) groups is 3. The number of halogens is 1. The summed E-state index contributed by atoms with van der Waals surface area (Å²) in [5.41, 5.74) is 1.12. The summed E-state index contributed by atoms with van der Waals surface area (Å²) < 4.78 is 13.1. The molecule has 1 aliphatic carbocycles. The number of amides is 3. The van der Waals surface area contributed by atoms with E-state index in [2.05, 4.69) is 5.10 Å². The van der Waals surface area contributed by atoms with Gasteiger partial charge in [0.05, 0.1) is 6.54 Å². The van der Waals surface area contributed by atoms with Gasteiger partial charge in [0.2, 0.25) is 11.8 Å². The van der Waals surface area contributed by atoms with E-state index in [0.717, 1.165) is 18.4 Å². The van der Waals surface area contributed by atoms with Crippen molar-refractivity contribution in [2.24, 2.45) is 11.0 Å². The quantitative estimate of drug-likeness (QED) is 0.724. The fraction of sp³-hybridized carbons (Fsp3) is 0.565. The van der Waals surface area contributed by atoms with Crippen molar-refractivity contribution < 1.29 is 18.8 Å². The molecule has 31 heavy (non-hydrogen) atoms. The van der Waals surface area contributed by atoms with Crippen LogP contribution in [0, 0.1) is 11.7 Å². The van der Waals surface area contributed by atoms with Crippen molar-refractivity contribution >= 4 is 23.4 Å². The van der Waals surface area contributed by atoms with Gasteiger partial charge in [0, 0.05) is 45.4 Å². The van der Waals surface area contributed by atoms with Gasteiger partial charge in [-0.2, -0.15) is 5.10 Å². The molecule has 1 saturated carbocycles. The minimum absolute atomic E-state index is 0.150. The first kappa shape index (κ1) is 21.5. The molecule has 7 nitrogen and oxygen atoms in total. The van der Waals surface area contributed by atoms with Crippen LogP contribution in [0.4, 0.5) is 4.39 Å². The molecule has 2 heterocycles. The summed E-state index contributed by atoms with van der Waals surface area (Å²) >= 11 is 0. The Morgan fingerprint density at radius 2 is 1.61 bits per heavy atom. The fourth-order valence-electron chi connectivity index (χ4n) is 4.57. The Bertz CT molecular complexity index is 856. The number of hydrazone groups is 1. The summed E-state index contributed by atoms with van der Waals surface area (Å²) in [6.07, 6.45) is 5.92. The second-order valence-electron chi connectivity index (χ2n) is 8.65. The van der Waals surface area contributed by atoms with E-state index in [0.29, 0.717) is 50.7 Å². The maximum atomic E-state index is 13.1. The van der Waals surface area contributed by atoms with Crippen LogP contribution in [0.1, 0.15) is 50.5 Å². The highest BCUT2D eigenvalue weighted by Crippen LogP contribution is 2.28. The zero-order valence-electron chi connectivity index (χ0n) is 17.8. The monoisotopic (exact) mass is 428 g/mol. The molecule has 8 heteroatoms. The van der Waals surface area contributed by atoms with Crippen LogP contribution in [0.15, 0.2) is 29.4 Å². The van der Waals surface area contributed by atoms with Crippen LogP contribution in [-0.4, -0.2) is 64.4 Å². The molecule has 4 rings (SSSR count). The molecule has 0 bridgehead atoms. The molecule has 0 N–H and O–H groups in total. The lowest BCUT2D eigenvalue weighted by atomic mass is 10.0. The van der Waals surface area contributed by atoms with E-state index in [1.54, 1.807) is 17.0 Å². The molecule has 0 atom stereocenters. The number of hydrogen-bond donors (Lipinski definition) is 0. The third-order valence-corrected chi connectivity index (χ3v) is 6.46. The van der Waals surface area contributed by atoms with E-state index in [1.807, 2.05) is 4.90 Å². The first-order valence-corrected chi connectivity index (χ1v) is 11.2. The van der Waals surface area contributed by atoms with Crippen molar-refractivity contribution in [2.75, 3.05) is 26.2 Å². The normalized spacial score (nSPS) is 20.2. The predicted molar refractivity (Wildman–Crippen MR) is 113 cm³/mol. The van der Waals surface area contributed by atoms with Gasteiger partial charge in [-0.15, -0.1) is 0 Å². The third kappa shape index (κ3) is 5.29. The van der Waals surface area contributed by atoms with Gasteiger partial charge >= 0.3 is 0 Å². The standard InChI is InChI=1S/C23H29FN4O3/c24-19-7-5-18(6-8-19)16-28-21(29)10-9-20(25-28)23(31)27-13-11-26(12-14-27)22(30)15-17-3-1-2-4-17/h5-8,17H,1-4,9-16H2. The van der Waals surface area contributed by atoms with Crippen molar-refractivity contribution in [2.45, 2.75) is 51.5 Å².